The lowest BCUT2D eigenvalue weighted by molar-refractivity contribution is -0.113. The van der Waals surface area contributed by atoms with Gasteiger partial charge in [0.1, 0.15) is 0 Å². The van der Waals surface area contributed by atoms with E-state index in [1.165, 1.54) is 41.6 Å². The van der Waals surface area contributed by atoms with E-state index < -0.39 is 10.0 Å². The Morgan fingerprint density at radius 3 is 2.43 bits per heavy atom. The minimum absolute atomic E-state index is 0.0202. The van der Waals surface area contributed by atoms with Crippen LogP contribution in [0.15, 0.2) is 58.6 Å². The van der Waals surface area contributed by atoms with Crippen LogP contribution in [0.1, 0.15) is 12.5 Å². The predicted molar refractivity (Wildman–Crippen MR) is 106 cm³/mol. The lowest BCUT2D eigenvalue weighted by Crippen LogP contribution is -2.15. The van der Waals surface area contributed by atoms with Gasteiger partial charge < -0.3 is 5.32 Å². The number of hydrogen-bond acceptors (Lipinski definition) is 7. The highest BCUT2D eigenvalue weighted by Gasteiger charge is 2.12. The van der Waals surface area contributed by atoms with Crippen LogP contribution in [-0.2, 0) is 21.2 Å². The molecule has 28 heavy (non-hydrogen) atoms. The third-order valence-electron chi connectivity index (χ3n) is 3.83. The zero-order chi connectivity index (χ0) is 20.1. The number of aromatic nitrogens is 4. The van der Waals surface area contributed by atoms with E-state index in [-0.39, 0.29) is 16.6 Å². The molecule has 1 heterocycles. The van der Waals surface area contributed by atoms with E-state index in [1.54, 1.807) is 4.68 Å². The third kappa shape index (κ3) is 4.94. The number of primary sulfonamides is 1. The van der Waals surface area contributed by atoms with Crippen molar-refractivity contribution >= 4 is 33.4 Å². The van der Waals surface area contributed by atoms with E-state index in [2.05, 4.69) is 27.8 Å². The number of hydrogen-bond donors (Lipinski definition) is 2. The standard InChI is InChI=1S/C17H18N6O3S2/c1-2-12-3-7-14(8-4-12)23-17(20-21-22-23)27-11-16(24)19-13-5-9-15(10-6-13)28(18,25)26/h3-10H,2,11H2,1H3,(H,19,24)(H2,18,25,26). The van der Waals surface area contributed by atoms with Crippen LogP contribution < -0.4 is 10.5 Å². The predicted octanol–water partition coefficient (Wildman–Crippen LogP) is 1.60. The molecule has 0 unspecified atom stereocenters. The van der Waals surface area contributed by atoms with E-state index in [4.69, 9.17) is 5.14 Å². The van der Waals surface area contributed by atoms with Crippen molar-refractivity contribution in [1.29, 1.82) is 0 Å². The van der Waals surface area contributed by atoms with Crippen LogP contribution in [0.3, 0.4) is 0 Å². The van der Waals surface area contributed by atoms with E-state index >= 15 is 0 Å². The minimum atomic E-state index is -3.77. The molecule has 1 aromatic heterocycles. The molecule has 0 atom stereocenters. The van der Waals surface area contributed by atoms with Crippen molar-refractivity contribution < 1.29 is 13.2 Å². The van der Waals surface area contributed by atoms with Gasteiger partial charge in [0.05, 0.1) is 16.3 Å². The van der Waals surface area contributed by atoms with Crippen molar-refractivity contribution in [3.63, 3.8) is 0 Å². The minimum Gasteiger partial charge on any atom is -0.325 e. The average molecular weight is 419 g/mol. The van der Waals surface area contributed by atoms with Crippen LogP contribution in [-0.4, -0.2) is 40.3 Å². The molecule has 0 bridgehead atoms. The van der Waals surface area contributed by atoms with Crippen molar-refractivity contribution in [3.8, 4) is 5.69 Å². The maximum Gasteiger partial charge on any atom is 0.238 e. The smallest absolute Gasteiger partial charge is 0.238 e. The number of nitrogens with zero attached hydrogens (tertiary/aromatic N) is 4. The Kier molecular flexibility index (Phi) is 6.07. The molecule has 0 aliphatic carbocycles. The van der Waals surface area contributed by atoms with Gasteiger partial charge in [0.15, 0.2) is 0 Å². The van der Waals surface area contributed by atoms with Crippen LogP contribution in [0.4, 0.5) is 5.69 Å². The number of thioether (sulfide) groups is 1. The summed E-state index contributed by atoms with van der Waals surface area (Å²) in [7, 11) is -3.77. The Morgan fingerprint density at radius 1 is 1.14 bits per heavy atom. The number of benzene rings is 2. The summed E-state index contributed by atoms with van der Waals surface area (Å²) < 4.78 is 24.1. The first-order chi connectivity index (χ1) is 13.4. The maximum atomic E-state index is 12.2. The molecule has 3 rings (SSSR count). The zero-order valence-electron chi connectivity index (χ0n) is 14.9. The van der Waals surface area contributed by atoms with Crippen LogP contribution in [0.5, 0.6) is 0 Å². The summed E-state index contributed by atoms with van der Waals surface area (Å²) in [6, 6.07) is 13.5. The topological polar surface area (TPSA) is 133 Å². The van der Waals surface area contributed by atoms with E-state index in [0.29, 0.717) is 10.8 Å². The van der Waals surface area contributed by atoms with Crippen molar-refractivity contribution in [3.05, 3.63) is 54.1 Å². The first-order valence-corrected chi connectivity index (χ1v) is 10.8. The van der Waals surface area contributed by atoms with Gasteiger partial charge in [0.2, 0.25) is 21.1 Å². The third-order valence-corrected chi connectivity index (χ3v) is 5.68. The van der Waals surface area contributed by atoms with Crippen LogP contribution >= 0.6 is 11.8 Å². The molecule has 0 saturated carbocycles. The van der Waals surface area contributed by atoms with Crippen LogP contribution in [0.2, 0.25) is 0 Å². The molecule has 0 radical (unpaired) electrons. The van der Waals surface area contributed by atoms with Gasteiger partial charge in [0.25, 0.3) is 0 Å². The van der Waals surface area contributed by atoms with Crippen LogP contribution in [0.25, 0.3) is 5.69 Å². The van der Waals surface area contributed by atoms with Gasteiger partial charge in [-0.2, -0.15) is 4.68 Å². The van der Waals surface area contributed by atoms with Gasteiger partial charge >= 0.3 is 0 Å². The number of amides is 1. The van der Waals surface area contributed by atoms with Crippen molar-refractivity contribution in [2.24, 2.45) is 5.14 Å². The number of anilines is 1. The summed E-state index contributed by atoms with van der Waals surface area (Å²) in [6.07, 6.45) is 0.940. The monoisotopic (exact) mass is 418 g/mol. The molecule has 0 fully saturated rings. The number of carbonyl (C=O) groups excluding carboxylic acids is 1. The summed E-state index contributed by atoms with van der Waals surface area (Å²) in [6.45, 7) is 2.08. The summed E-state index contributed by atoms with van der Waals surface area (Å²) in [5.41, 5.74) is 2.48. The van der Waals surface area contributed by atoms with Gasteiger partial charge in [-0.25, -0.2) is 13.6 Å². The number of aryl methyl sites for hydroxylation is 1. The van der Waals surface area contributed by atoms with E-state index in [9.17, 15) is 13.2 Å². The quantitative estimate of drug-likeness (QED) is 0.557. The summed E-state index contributed by atoms with van der Waals surface area (Å²) in [5.74, 6) is -0.186. The molecule has 0 aliphatic rings. The summed E-state index contributed by atoms with van der Waals surface area (Å²) >= 11 is 1.19. The number of nitrogens with one attached hydrogen (secondary N) is 1. The second-order valence-corrected chi connectivity index (χ2v) is 8.30. The number of rotatable bonds is 7. The fourth-order valence-electron chi connectivity index (χ4n) is 2.36. The molecule has 2 aromatic carbocycles. The van der Waals surface area contributed by atoms with Gasteiger partial charge in [-0.1, -0.05) is 30.8 Å². The summed E-state index contributed by atoms with van der Waals surface area (Å²) in [4.78, 5) is 12.1. The Labute approximate surface area is 166 Å². The molecular weight excluding hydrogens is 400 g/mol. The highest BCUT2D eigenvalue weighted by atomic mass is 32.2. The molecule has 0 spiro atoms. The Bertz CT molecular complexity index is 1060. The lowest BCUT2D eigenvalue weighted by Gasteiger charge is -2.07. The first-order valence-electron chi connectivity index (χ1n) is 8.30. The fourth-order valence-corrected chi connectivity index (χ4v) is 3.57. The van der Waals surface area contributed by atoms with Crippen molar-refractivity contribution in [1.82, 2.24) is 20.2 Å². The number of carbonyl (C=O) groups is 1. The fraction of sp³-hybridized carbons (Fsp3) is 0.176. The molecule has 146 valence electrons. The number of nitrogens with two attached hydrogens (primary N) is 1. The molecule has 0 saturated heterocycles. The number of tetrazole rings is 1. The Balaban J connectivity index is 1.61. The lowest BCUT2D eigenvalue weighted by atomic mass is 10.1. The molecule has 0 aliphatic heterocycles. The second kappa shape index (κ2) is 8.50. The molecule has 3 N–H and O–H groups in total. The number of sulfonamides is 1. The summed E-state index contributed by atoms with van der Waals surface area (Å²) in [5, 5.41) is 19.8. The Hall–Kier alpha value is -2.76. The second-order valence-electron chi connectivity index (χ2n) is 5.80. The van der Waals surface area contributed by atoms with Gasteiger partial charge in [0, 0.05) is 5.69 Å². The highest BCUT2D eigenvalue weighted by Crippen LogP contribution is 2.19. The van der Waals surface area contributed by atoms with E-state index in [0.717, 1.165) is 12.1 Å². The maximum absolute atomic E-state index is 12.2. The van der Waals surface area contributed by atoms with Crippen molar-refractivity contribution in [2.45, 2.75) is 23.4 Å². The normalized spacial score (nSPS) is 11.4. The molecule has 9 nitrogen and oxygen atoms in total. The molecule has 3 aromatic rings. The Morgan fingerprint density at radius 2 is 1.82 bits per heavy atom. The largest absolute Gasteiger partial charge is 0.325 e. The SMILES string of the molecule is CCc1ccc(-n2nnnc2SCC(=O)Nc2ccc(S(N)(=O)=O)cc2)cc1. The molecular formula is C17H18N6O3S2. The van der Waals surface area contributed by atoms with Crippen molar-refractivity contribution in [2.75, 3.05) is 11.1 Å². The first kappa shape index (κ1) is 20.0. The van der Waals surface area contributed by atoms with Gasteiger partial charge in [-0.3, -0.25) is 4.79 Å². The highest BCUT2D eigenvalue weighted by molar-refractivity contribution is 7.99. The average Bonchev–Trinajstić information content (AvgIpc) is 3.15. The van der Waals surface area contributed by atoms with Gasteiger partial charge in [-0.05, 0) is 58.8 Å². The van der Waals surface area contributed by atoms with E-state index in [1.807, 2.05) is 24.3 Å². The molecule has 11 heteroatoms. The van der Waals surface area contributed by atoms with Gasteiger partial charge in [-0.15, -0.1) is 5.10 Å². The molecule has 1 amide bonds. The van der Waals surface area contributed by atoms with Crippen LogP contribution in [0, 0.1) is 0 Å². The zero-order valence-corrected chi connectivity index (χ0v) is 16.6.